The molecule has 0 saturated carbocycles. The monoisotopic (exact) mass is 234 g/mol. The van der Waals surface area contributed by atoms with Crippen molar-refractivity contribution >= 4 is 11.6 Å². The lowest BCUT2D eigenvalue weighted by molar-refractivity contribution is -0.120. The third-order valence-electron chi connectivity index (χ3n) is 3.08. The van der Waals surface area contributed by atoms with E-state index in [-0.39, 0.29) is 17.6 Å². The Hall–Kier alpha value is -1.55. The van der Waals surface area contributed by atoms with Gasteiger partial charge in [0.1, 0.15) is 5.75 Å². The number of aromatic hydroxyl groups is 1. The smallest absolute Gasteiger partial charge is 0.228 e. The number of nitrogens with one attached hydrogen (secondary N) is 2. The third kappa shape index (κ3) is 2.97. The second-order valence-electron chi connectivity index (χ2n) is 4.55. The largest absolute Gasteiger partial charge is 0.506 e. The Labute approximate surface area is 101 Å². The van der Waals surface area contributed by atoms with Gasteiger partial charge in [0.2, 0.25) is 5.91 Å². The van der Waals surface area contributed by atoms with Gasteiger partial charge in [-0.15, -0.1) is 0 Å². The van der Waals surface area contributed by atoms with Gasteiger partial charge >= 0.3 is 0 Å². The molecule has 0 spiro atoms. The molecule has 1 saturated heterocycles. The number of anilines is 1. The zero-order valence-electron chi connectivity index (χ0n) is 9.99. The average molecular weight is 234 g/mol. The van der Waals surface area contributed by atoms with Crippen LogP contribution in [0.15, 0.2) is 18.2 Å². The van der Waals surface area contributed by atoms with Gasteiger partial charge in [-0.2, -0.15) is 0 Å². The van der Waals surface area contributed by atoms with Crippen molar-refractivity contribution in [3.63, 3.8) is 0 Å². The van der Waals surface area contributed by atoms with Gasteiger partial charge in [0.05, 0.1) is 11.6 Å². The van der Waals surface area contributed by atoms with Crippen LogP contribution >= 0.6 is 0 Å². The van der Waals surface area contributed by atoms with Crippen LogP contribution in [0.1, 0.15) is 18.4 Å². The first-order valence-electron chi connectivity index (χ1n) is 5.98. The van der Waals surface area contributed by atoms with Crippen LogP contribution in [0.25, 0.3) is 0 Å². The molecule has 1 amide bonds. The number of carbonyl (C=O) groups is 1. The Bertz CT molecular complexity index is 412. The van der Waals surface area contributed by atoms with Crippen LogP contribution < -0.4 is 10.6 Å². The van der Waals surface area contributed by atoms with Crippen molar-refractivity contribution in [3.8, 4) is 5.75 Å². The number of phenolic OH excluding ortho intramolecular Hbond substituents is 1. The van der Waals surface area contributed by atoms with Gasteiger partial charge in [-0.3, -0.25) is 4.79 Å². The van der Waals surface area contributed by atoms with Crippen molar-refractivity contribution < 1.29 is 9.90 Å². The highest BCUT2D eigenvalue weighted by atomic mass is 16.3. The van der Waals surface area contributed by atoms with E-state index in [4.69, 9.17) is 0 Å². The van der Waals surface area contributed by atoms with Crippen LogP contribution in [-0.2, 0) is 4.79 Å². The molecule has 0 bridgehead atoms. The summed E-state index contributed by atoms with van der Waals surface area (Å²) in [5, 5.41) is 15.7. The molecule has 1 aromatic rings. The standard InChI is InChI=1S/C13H18N2O2/c1-9-4-5-11(12(16)7-9)15-13(17)10-3-2-6-14-8-10/h4-5,7,10,14,16H,2-3,6,8H2,1H3,(H,15,17). The van der Waals surface area contributed by atoms with Gasteiger partial charge in [-0.05, 0) is 44.0 Å². The summed E-state index contributed by atoms with van der Waals surface area (Å²) in [5.41, 5.74) is 1.46. The van der Waals surface area contributed by atoms with E-state index in [1.807, 2.05) is 13.0 Å². The fourth-order valence-corrected chi connectivity index (χ4v) is 2.06. The van der Waals surface area contributed by atoms with E-state index < -0.39 is 0 Å². The molecule has 2 rings (SSSR count). The SMILES string of the molecule is Cc1ccc(NC(=O)C2CCCNC2)c(O)c1. The van der Waals surface area contributed by atoms with Crippen LogP contribution in [0.4, 0.5) is 5.69 Å². The van der Waals surface area contributed by atoms with E-state index in [1.54, 1.807) is 12.1 Å². The van der Waals surface area contributed by atoms with E-state index >= 15 is 0 Å². The van der Waals surface area contributed by atoms with Crippen LogP contribution in [0, 0.1) is 12.8 Å². The number of carbonyl (C=O) groups excluding carboxylic acids is 1. The number of aryl methyl sites for hydroxylation is 1. The third-order valence-corrected chi connectivity index (χ3v) is 3.08. The molecule has 17 heavy (non-hydrogen) atoms. The Morgan fingerprint density at radius 2 is 2.35 bits per heavy atom. The van der Waals surface area contributed by atoms with Gasteiger partial charge < -0.3 is 15.7 Å². The van der Waals surface area contributed by atoms with Crippen LogP contribution in [-0.4, -0.2) is 24.1 Å². The maximum absolute atomic E-state index is 11.9. The first-order chi connectivity index (χ1) is 8.16. The lowest BCUT2D eigenvalue weighted by Crippen LogP contribution is -2.37. The van der Waals surface area contributed by atoms with E-state index in [2.05, 4.69) is 10.6 Å². The van der Waals surface area contributed by atoms with E-state index in [0.717, 1.165) is 31.5 Å². The minimum absolute atomic E-state index is 0.00412. The fourth-order valence-electron chi connectivity index (χ4n) is 2.06. The van der Waals surface area contributed by atoms with Gasteiger partial charge in [-0.25, -0.2) is 0 Å². The van der Waals surface area contributed by atoms with Gasteiger partial charge in [0, 0.05) is 6.54 Å². The molecular weight excluding hydrogens is 216 g/mol. The Balaban J connectivity index is 2.02. The van der Waals surface area contributed by atoms with Gasteiger partial charge in [-0.1, -0.05) is 6.07 Å². The molecule has 4 heteroatoms. The molecule has 1 fully saturated rings. The molecule has 92 valence electrons. The summed E-state index contributed by atoms with van der Waals surface area (Å²) in [6.45, 7) is 3.61. The number of rotatable bonds is 2. The van der Waals surface area contributed by atoms with Crippen molar-refractivity contribution in [1.29, 1.82) is 0 Å². The molecule has 0 aromatic heterocycles. The van der Waals surface area contributed by atoms with Crippen LogP contribution in [0.2, 0.25) is 0 Å². The molecule has 1 unspecified atom stereocenters. The zero-order valence-corrected chi connectivity index (χ0v) is 9.99. The van der Waals surface area contributed by atoms with E-state index in [9.17, 15) is 9.90 Å². The van der Waals surface area contributed by atoms with Gasteiger partial charge in [0.15, 0.2) is 0 Å². The number of benzene rings is 1. The average Bonchev–Trinajstić information content (AvgIpc) is 2.34. The predicted octanol–water partition coefficient (Wildman–Crippen LogP) is 1.64. The number of amides is 1. The van der Waals surface area contributed by atoms with Crippen LogP contribution in [0.3, 0.4) is 0 Å². The minimum atomic E-state index is -0.0173. The summed E-state index contributed by atoms with van der Waals surface area (Å²) in [4.78, 5) is 11.9. The normalized spacial score (nSPS) is 19.9. The topological polar surface area (TPSA) is 61.4 Å². The Morgan fingerprint density at radius 3 is 3.00 bits per heavy atom. The highest BCUT2D eigenvalue weighted by molar-refractivity contribution is 5.94. The van der Waals surface area contributed by atoms with Gasteiger partial charge in [0.25, 0.3) is 0 Å². The predicted molar refractivity (Wildman–Crippen MR) is 67.1 cm³/mol. The number of hydrogen-bond acceptors (Lipinski definition) is 3. The summed E-state index contributed by atoms with van der Waals surface area (Å²) in [6.07, 6.45) is 1.93. The van der Waals surface area contributed by atoms with E-state index in [1.165, 1.54) is 0 Å². The molecule has 3 N–H and O–H groups in total. The van der Waals surface area contributed by atoms with Crippen molar-refractivity contribution in [2.24, 2.45) is 5.92 Å². The molecule has 1 atom stereocenters. The summed E-state index contributed by atoms with van der Waals surface area (Å²) in [7, 11) is 0. The molecular formula is C13H18N2O2. The Kier molecular flexibility index (Phi) is 3.64. The zero-order chi connectivity index (χ0) is 12.3. The van der Waals surface area contributed by atoms with Crippen molar-refractivity contribution in [2.45, 2.75) is 19.8 Å². The Morgan fingerprint density at radius 1 is 1.53 bits per heavy atom. The summed E-state index contributed by atoms with van der Waals surface area (Å²) in [5.74, 6) is 0.114. The minimum Gasteiger partial charge on any atom is -0.506 e. The maximum Gasteiger partial charge on any atom is 0.228 e. The van der Waals surface area contributed by atoms with Crippen molar-refractivity contribution in [2.75, 3.05) is 18.4 Å². The maximum atomic E-state index is 11.9. The lowest BCUT2D eigenvalue weighted by atomic mass is 9.99. The second-order valence-corrected chi connectivity index (χ2v) is 4.55. The molecule has 1 aliphatic rings. The fraction of sp³-hybridized carbons (Fsp3) is 0.462. The summed E-state index contributed by atoms with van der Waals surface area (Å²) < 4.78 is 0. The highest BCUT2D eigenvalue weighted by Crippen LogP contribution is 2.25. The number of piperidine rings is 1. The number of phenols is 1. The second kappa shape index (κ2) is 5.19. The highest BCUT2D eigenvalue weighted by Gasteiger charge is 2.21. The van der Waals surface area contributed by atoms with E-state index in [0.29, 0.717) is 5.69 Å². The van der Waals surface area contributed by atoms with Crippen molar-refractivity contribution in [1.82, 2.24) is 5.32 Å². The molecule has 1 aliphatic heterocycles. The first kappa shape index (κ1) is 11.9. The summed E-state index contributed by atoms with van der Waals surface area (Å²) >= 11 is 0. The number of hydrogen-bond donors (Lipinski definition) is 3. The molecule has 0 aliphatic carbocycles. The molecule has 4 nitrogen and oxygen atoms in total. The summed E-state index contributed by atoms with van der Waals surface area (Å²) in [6, 6.07) is 5.25. The first-order valence-corrected chi connectivity index (χ1v) is 5.98. The molecule has 1 aromatic carbocycles. The molecule has 0 radical (unpaired) electrons. The quantitative estimate of drug-likeness (QED) is 0.682. The molecule has 1 heterocycles. The lowest BCUT2D eigenvalue weighted by Gasteiger charge is -2.22. The van der Waals surface area contributed by atoms with Crippen molar-refractivity contribution in [3.05, 3.63) is 23.8 Å². The van der Waals surface area contributed by atoms with Crippen LogP contribution in [0.5, 0.6) is 5.75 Å².